The van der Waals surface area contributed by atoms with E-state index in [-0.39, 0.29) is 10.9 Å². The molecule has 10 heteroatoms. The third-order valence-corrected chi connectivity index (χ3v) is 7.03. The first kappa shape index (κ1) is 23.1. The van der Waals surface area contributed by atoms with E-state index in [9.17, 15) is 21.6 Å². The third-order valence-electron chi connectivity index (χ3n) is 5.50. The minimum atomic E-state index is -4.45. The van der Waals surface area contributed by atoms with Crippen LogP contribution in [0.1, 0.15) is 12.0 Å². The van der Waals surface area contributed by atoms with Crippen molar-refractivity contribution in [2.45, 2.75) is 23.5 Å². The number of methoxy groups -OCH3 is 1. The fourth-order valence-electron chi connectivity index (χ4n) is 3.70. The van der Waals surface area contributed by atoms with E-state index >= 15 is 0 Å². The summed E-state index contributed by atoms with van der Waals surface area (Å²) in [6, 6.07) is 15.9. The first-order valence-electron chi connectivity index (χ1n) is 10.2. The van der Waals surface area contributed by atoms with E-state index in [1.54, 1.807) is 36.3 Å². The highest BCUT2D eigenvalue weighted by Gasteiger charge is 2.32. The van der Waals surface area contributed by atoms with Crippen LogP contribution in [0, 0.1) is 0 Å². The van der Waals surface area contributed by atoms with Crippen LogP contribution in [0.15, 0.2) is 71.8 Å². The first-order valence-corrected chi connectivity index (χ1v) is 11.7. The summed E-state index contributed by atoms with van der Waals surface area (Å²) >= 11 is 0. The summed E-state index contributed by atoms with van der Waals surface area (Å²) in [5.41, 5.74) is 0.987. The predicted molar refractivity (Wildman–Crippen MR) is 119 cm³/mol. The summed E-state index contributed by atoms with van der Waals surface area (Å²) in [6.45, 7) is 0.809. The molecule has 33 heavy (non-hydrogen) atoms. The molecule has 1 atom stereocenters. The first-order chi connectivity index (χ1) is 15.7. The van der Waals surface area contributed by atoms with Gasteiger partial charge in [-0.3, -0.25) is 0 Å². The zero-order chi connectivity index (χ0) is 23.6. The molecule has 0 spiro atoms. The Kier molecular flexibility index (Phi) is 6.31. The molecule has 0 aliphatic carbocycles. The fourth-order valence-corrected chi connectivity index (χ4v) is 4.96. The Hall–Kier alpha value is -3.11. The Morgan fingerprint density at radius 1 is 1.00 bits per heavy atom. The van der Waals surface area contributed by atoms with Crippen LogP contribution in [0.2, 0.25) is 0 Å². The number of pyridine rings is 1. The highest BCUT2D eigenvalue weighted by molar-refractivity contribution is 7.89. The molecule has 3 aromatic rings. The Morgan fingerprint density at radius 2 is 1.64 bits per heavy atom. The van der Waals surface area contributed by atoms with Gasteiger partial charge in [-0.2, -0.15) is 13.2 Å². The van der Waals surface area contributed by atoms with Gasteiger partial charge in [0.05, 0.1) is 17.6 Å². The summed E-state index contributed by atoms with van der Waals surface area (Å²) in [5.74, 6) is 1.12. The maximum atomic E-state index is 12.8. The van der Waals surface area contributed by atoms with Crippen LogP contribution in [-0.4, -0.2) is 39.6 Å². The molecular weight excluding hydrogens is 455 g/mol. The average Bonchev–Trinajstić information content (AvgIpc) is 3.26. The van der Waals surface area contributed by atoms with Crippen molar-refractivity contribution in [1.82, 2.24) is 9.71 Å². The van der Waals surface area contributed by atoms with Gasteiger partial charge in [-0.05, 0) is 53.9 Å². The highest BCUT2D eigenvalue weighted by Crippen LogP contribution is 2.30. The number of alkyl halides is 3. The number of hydrogen-bond donors (Lipinski definition) is 1. The molecule has 4 rings (SSSR count). The van der Waals surface area contributed by atoms with Crippen LogP contribution in [0.4, 0.5) is 19.0 Å². The van der Waals surface area contributed by atoms with Crippen LogP contribution in [-0.2, 0) is 16.2 Å². The fraction of sp³-hybridized carbons (Fsp3) is 0.261. The molecule has 0 radical (unpaired) electrons. The van der Waals surface area contributed by atoms with E-state index in [0.29, 0.717) is 25.3 Å². The van der Waals surface area contributed by atoms with Crippen molar-refractivity contribution in [2.75, 3.05) is 25.1 Å². The highest BCUT2D eigenvalue weighted by atomic mass is 32.2. The zero-order valence-corrected chi connectivity index (χ0v) is 18.5. The Bertz CT molecular complexity index is 1200. The number of nitrogens with zero attached hydrogens (tertiary/aromatic N) is 2. The van der Waals surface area contributed by atoms with Gasteiger partial charge in [-0.25, -0.2) is 18.1 Å². The second-order valence-corrected chi connectivity index (χ2v) is 9.42. The number of hydrogen-bond acceptors (Lipinski definition) is 5. The van der Waals surface area contributed by atoms with Gasteiger partial charge < -0.3 is 9.64 Å². The second-order valence-electron chi connectivity index (χ2n) is 7.71. The molecule has 1 aliphatic heterocycles. The number of ether oxygens (including phenoxy) is 1. The monoisotopic (exact) mass is 477 g/mol. The number of sulfonamides is 1. The standard InChI is InChI=1S/C23H22F3N3O3S/c1-32-20-7-2-16(3-8-20)17-4-9-21(10-5-17)33(30,31)28-19-12-13-29(15-19)22-11-6-18(14-27-22)23(24,25)26/h2-11,14,19,28H,12-13,15H2,1H3. The molecule has 1 fully saturated rings. The van der Waals surface area contributed by atoms with Crippen molar-refractivity contribution in [3.8, 4) is 16.9 Å². The molecule has 1 aromatic heterocycles. The molecule has 1 unspecified atom stereocenters. The van der Waals surface area contributed by atoms with E-state index in [1.165, 1.54) is 6.07 Å². The molecule has 1 aliphatic rings. The van der Waals surface area contributed by atoms with Crippen LogP contribution in [0.25, 0.3) is 11.1 Å². The zero-order valence-electron chi connectivity index (χ0n) is 17.7. The van der Waals surface area contributed by atoms with Crippen LogP contribution in [0.5, 0.6) is 5.75 Å². The minimum Gasteiger partial charge on any atom is -0.497 e. The van der Waals surface area contributed by atoms with E-state index in [4.69, 9.17) is 4.74 Å². The normalized spacial score (nSPS) is 16.7. The largest absolute Gasteiger partial charge is 0.497 e. The van der Waals surface area contributed by atoms with E-state index in [2.05, 4.69) is 9.71 Å². The number of anilines is 1. The maximum absolute atomic E-state index is 12.8. The van der Waals surface area contributed by atoms with Gasteiger partial charge in [0, 0.05) is 25.3 Å². The molecule has 0 saturated carbocycles. The van der Waals surface area contributed by atoms with E-state index in [0.717, 1.165) is 29.1 Å². The molecule has 1 N–H and O–H groups in total. The molecule has 1 saturated heterocycles. The summed E-state index contributed by atoms with van der Waals surface area (Å²) in [4.78, 5) is 5.79. The van der Waals surface area contributed by atoms with Crippen molar-refractivity contribution in [3.05, 3.63) is 72.4 Å². The van der Waals surface area contributed by atoms with Gasteiger partial charge in [0.25, 0.3) is 0 Å². The lowest BCUT2D eigenvalue weighted by Crippen LogP contribution is -2.37. The smallest absolute Gasteiger partial charge is 0.417 e. The lowest BCUT2D eigenvalue weighted by molar-refractivity contribution is -0.137. The van der Waals surface area contributed by atoms with E-state index in [1.807, 2.05) is 24.3 Å². The predicted octanol–water partition coefficient (Wildman–Crippen LogP) is 4.33. The molecule has 0 amide bonds. The van der Waals surface area contributed by atoms with Crippen LogP contribution < -0.4 is 14.4 Å². The summed E-state index contributed by atoms with van der Waals surface area (Å²) in [5, 5.41) is 0. The molecule has 2 aromatic carbocycles. The van der Waals surface area contributed by atoms with E-state index < -0.39 is 21.8 Å². The van der Waals surface area contributed by atoms with Gasteiger partial charge in [0.1, 0.15) is 11.6 Å². The van der Waals surface area contributed by atoms with Crippen LogP contribution in [0.3, 0.4) is 0 Å². The second kappa shape index (κ2) is 9.03. The summed E-state index contributed by atoms with van der Waals surface area (Å²) < 4.78 is 71.7. The Labute approximate surface area is 190 Å². The Balaban J connectivity index is 1.40. The van der Waals surface area contributed by atoms with Crippen LogP contribution >= 0.6 is 0 Å². The average molecular weight is 478 g/mol. The van der Waals surface area contributed by atoms with Crippen molar-refractivity contribution in [1.29, 1.82) is 0 Å². The molecule has 174 valence electrons. The number of aromatic nitrogens is 1. The summed E-state index contributed by atoms with van der Waals surface area (Å²) in [6.07, 6.45) is -3.14. The van der Waals surface area contributed by atoms with Gasteiger partial charge in [-0.1, -0.05) is 24.3 Å². The van der Waals surface area contributed by atoms with Gasteiger partial charge in [0.2, 0.25) is 10.0 Å². The van der Waals surface area contributed by atoms with Crippen molar-refractivity contribution >= 4 is 15.8 Å². The molecule has 0 bridgehead atoms. The van der Waals surface area contributed by atoms with Crippen molar-refractivity contribution < 1.29 is 26.3 Å². The summed E-state index contributed by atoms with van der Waals surface area (Å²) in [7, 11) is -2.16. The van der Waals surface area contributed by atoms with Crippen molar-refractivity contribution in [2.24, 2.45) is 0 Å². The topological polar surface area (TPSA) is 71.5 Å². The molecule has 6 nitrogen and oxygen atoms in total. The quantitative estimate of drug-likeness (QED) is 0.572. The van der Waals surface area contributed by atoms with Crippen molar-refractivity contribution in [3.63, 3.8) is 0 Å². The minimum absolute atomic E-state index is 0.144. The van der Waals surface area contributed by atoms with Gasteiger partial charge >= 0.3 is 6.18 Å². The third kappa shape index (κ3) is 5.28. The Morgan fingerprint density at radius 3 is 2.18 bits per heavy atom. The number of halogens is 3. The lowest BCUT2D eigenvalue weighted by Gasteiger charge is -2.18. The molecular formula is C23H22F3N3O3S. The van der Waals surface area contributed by atoms with Gasteiger partial charge in [-0.15, -0.1) is 0 Å². The lowest BCUT2D eigenvalue weighted by atomic mass is 10.1. The maximum Gasteiger partial charge on any atom is 0.417 e. The SMILES string of the molecule is COc1ccc(-c2ccc(S(=O)(=O)NC3CCN(c4ccc(C(F)(F)F)cn4)C3)cc2)cc1. The van der Waals surface area contributed by atoms with Gasteiger partial charge in [0.15, 0.2) is 0 Å². The number of rotatable bonds is 6. The number of nitrogens with one attached hydrogen (secondary N) is 1. The molecule has 2 heterocycles. The number of benzene rings is 2.